The van der Waals surface area contributed by atoms with E-state index in [0.29, 0.717) is 0 Å². The van der Waals surface area contributed by atoms with Crippen LogP contribution in [0.1, 0.15) is 37.3 Å². The second-order valence-corrected chi connectivity index (χ2v) is 7.99. The molecule has 1 aromatic carbocycles. The summed E-state index contributed by atoms with van der Waals surface area (Å²) in [6.07, 6.45) is -4.41. The average molecular weight is 454 g/mol. The third kappa shape index (κ3) is 4.96. The molecule has 1 aromatic rings. The van der Waals surface area contributed by atoms with E-state index in [4.69, 9.17) is 11.6 Å². The molecule has 1 saturated heterocycles. The van der Waals surface area contributed by atoms with Gasteiger partial charge in [-0.25, -0.2) is 13.6 Å². The number of carbonyl (C=O) groups excluding carboxylic acids is 2. The van der Waals surface area contributed by atoms with Gasteiger partial charge in [-0.15, -0.1) is 0 Å². The topological polar surface area (TPSA) is 61.4 Å². The summed E-state index contributed by atoms with van der Waals surface area (Å²) in [6, 6.07) is 0.443. The van der Waals surface area contributed by atoms with Crippen LogP contribution >= 0.6 is 11.6 Å². The van der Waals surface area contributed by atoms with Crippen LogP contribution in [-0.4, -0.2) is 42.6 Å². The van der Waals surface area contributed by atoms with Crippen molar-refractivity contribution in [3.63, 3.8) is 0 Å². The predicted molar refractivity (Wildman–Crippen MR) is 98.7 cm³/mol. The summed E-state index contributed by atoms with van der Waals surface area (Å²) in [6.45, 7) is 0.300. The molecule has 1 aliphatic carbocycles. The highest BCUT2D eigenvalue weighted by Gasteiger charge is 2.43. The van der Waals surface area contributed by atoms with Crippen LogP contribution in [0, 0.1) is 23.5 Å². The number of halogens is 6. The van der Waals surface area contributed by atoms with E-state index < -0.39 is 46.7 Å². The van der Waals surface area contributed by atoms with E-state index in [0.717, 1.165) is 12.1 Å². The number of hydrogen-bond donors (Lipinski definition) is 2. The first-order valence-electron chi connectivity index (χ1n) is 9.60. The van der Waals surface area contributed by atoms with Gasteiger partial charge in [-0.05, 0) is 37.7 Å². The highest BCUT2D eigenvalue weighted by atomic mass is 35.5. The van der Waals surface area contributed by atoms with Crippen molar-refractivity contribution in [2.75, 3.05) is 19.6 Å². The number of hydrogen-bond acceptors (Lipinski definition) is 2. The van der Waals surface area contributed by atoms with E-state index in [9.17, 15) is 31.5 Å². The summed E-state index contributed by atoms with van der Waals surface area (Å²) in [7, 11) is 0. The lowest BCUT2D eigenvalue weighted by atomic mass is 9.76. The summed E-state index contributed by atoms with van der Waals surface area (Å²) in [5, 5.41) is 4.47. The van der Waals surface area contributed by atoms with Crippen molar-refractivity contribution in [1.29, 1.82) is 0 Å². The van der Waals surface area contributed by atoms with Gasteiger partial charge in [0, 0.05) is 18.7 Å². The first-order valence-corrected chi connectivity index (χ1v) is 9.98. The van der Waals surface area contributed by atoms with Gasteiger partial charge in [0.25, 0.3) is 0 Å². The van der Waals surface area contributed by atoms with Gasteiger partial charge in [0.1, 0.15) is 23.2 Å². The van der Waals surface area contributed by atoms with Crippen molar-refractivity contribution in [3.05, 3.63) is 34.4 Å². The molecule has 11 heteroatoms. The number of amides is 3. The lowest BCUT2D eigenvalue weighted by Gasteiger charge is -2.37. The van der Waals surface area contributed by atoms with Crippen molar-refractivity contribution in [3.8, 4) is 0 Å². The molecule has 3 rings (SSSR count). The van der Waals surface area contributed by atoms with Crippen LogP contribution in [-0.2, 0) is 4.79 Å². The fourth-order valence-electron chi connectivity index (χ4n) is 4.05. The minimum atomic E-state index is -4.31. The monoisotopic (exact) mass is 453 g/mol. The molecular formula is C19H21ClF5N3O2. The third-order valence-corrected chi connectivity index (χ3v) is 6.06. The standard InChI is InChI=1S/C19H21ClF5N3O2/c20-15-13(21)6-5-12(16(15)22)17(10-1-3-11(4-2-10)19(23,24)25)27-18(30)28-8-7-26-14(29)9-28/h5-6,10-11,17H,1-4,7-9H2,(H,26,29)(H,27,30)/t10?,11?,17-/m1/s1. The molecule has 2 N–H and O–H groups in total. The van der Waals surface area contributed by atoms with Gasteiger partial charge in [-0.2, -0.15) is 13.2 Å². The third-order valence-electron chi connectivity index (χ3n) is 5.71. The fraction of sp³-hybridized carbons (Fsp3) is 0.579. The van der Waals surface area contributed by atoms with Crippen LogP contribution in [0.2, 0.25) is 5.02 Å². The number of carbonyl (C=O) groups is 2. The Morgan fingerprint density at radius 3 is 2.47 bits per heavy atom. The number of piperazine rings is 1. The Kier molecular flexibility index (Phi) is 6.74. The highest BCUT2D eigenvalue weighted by molar-refractivity contribution is 6.31. The number of alkyl halides is 3. The van der Waals surface area contributed by atoms with Crippen molar-refractivity contribution < 1.29 is 31.5 Å². The van der Waals surface area contributed by atoms with Crippen molar-refractivity contribution in [2.45, 2.75) is 37.9 Å². The van der Waals surface area contributed by atoms with Gasteiger partial charge in [-0.1, -0.05) is 17.7 Å². The zero-order chi connectivity index (χ0) is 22.1. The molecule has 5 nitrogen and oxygen atoms in total. The molecule has 0 spiro atoms. The predicted octanol–water partition coefficient (Wildman–Crippen LogP) is 4.17. The zero-order valence-electron chi connectivity index (χ0n) is 15.9. The summed E-state index contributed by atoms with van der Waals surface area (Å²) in [5.74, 6) is -4.33. The molecule has 1 aliphatic heterocycles. The molecule has 0 radical (unpaired) electrons. The van der Waals surface area contributed by atoms with Crippen LogP contribution in [0.3, 0.4) is 0 Å². The lowest BCUT2D eigenvalue weighted by Crippen LogP contribution is -2.54. The molecule has 0 aromatic heterocycles. The summed E-state index contributed by atoms with van der Waals surface area (Å²) in [4.78, 5) is 25.5. The second-order valence-electron chi connectivity index (χ2n) is 7.62. The van der Waals surface area contributed by atoms with Crippen LogP contribution < -0.4 is 10.6 Å². The number of urea groups is 1. The molecule has 0 unspecified atom stereocenters. The fourth-order valence-corrected chi connectivity index (χ4v) is 4.22. The first-order chi connectivity index (χ1) is 14.1. The smallest absolute Gasteiger partial charge is 0.353 e. The minimum absolute atomic E-state index is 0.0910. The van der Waals surface area contributed by atoms with Crippen molar-refractivity contribution in [1.82, 2.24) is 15.5 Å². The maximum absolute atomic E-state index is 14.7. The van der Waals surface area contributed by atoms with E-state index in [1.807, 2.05) is 0 Å². The van der Waals surface area contributed by atoms with E-state index >= 15 is 0 Å². The number of benzene rings is 1. The second kappa shape index (κ2) is 8.95. The normalized spacial score (nSPS) is 23.7. The molecule has 2 fully saturated rings. The molecule has 0 bridgehead atoms. The van der Waals surface area contributed by atoms with E-state index in [1.165, 1.54) is 4.90 Å². The molecule has 3 amide bonds. The van der Waals surface area contributed by atoms with Crippen molar-refractivity contribution in [2.24, 2.45) is 11.8 Å². The Hall–Kier alpha value is -2.10. The molecule has 30 heavy (non-hydrogen) atoms. The molecular weight excluding hydrogens is 433 g/mol. The van der Waals surface area contributed by atoms with Gasteiger partial charge in [0.05, 0.1) is 12.0 Å². The Morgan fingerprint density at radius 2 is 1.87 bits per heavy atom. The summed E-state index contributed by atoms with van der Waals surface area (Å²) in [5.41, 5.74) is -0.0910. The zero-order valence-corrected chi connectivity index (χ0v) is 16.6. The van der Waals surface area contributed by atoms with Gasteiger partial charge < -0.3 is 15.5 Å². The van der Waals surface area contributed by atoms with E-state index in [1.54, 1.807) is 0 Å². The Morgan fingerprint density at radius 1 is 1.20 bits per heavy atom. The SMILES string of the molecule is O=C1CN(C(=O)N[C@@H](c2ccc(F)c(Cl)c2F)C2CCC(C(F)(F)F)CC2)CCN1. The summed E-state index contributed by atoms with van der Waals surface area (Å²) < 4.78 is 67.3. The van der Waals surface area contributed by atoms with Crippen LogP contribution in [0.4, 0.5) is 26.7 Å². The van der Waals surface area contributed by atoms with Crippen LogP contribution in [0.5, 0.6) is 0 Å². The number of nitrogens with zero attached hydrogens (tertiary/aromatic N) is 1. The van der Waals surface area contributed by atoms with Gasteiger partial charge in [-0.3, -0.25) is 4.79 Å². The van der Waals surface area contributed by atoms with E-state index in [2.05, 4.69) is 10.6 Å². The Balaban J connectivity index is 1.83. The van der Waals surface area contributed by atoms with Gasteiger partial charge in [0.2, 0.25) is 5.91 Å². The molecule has 2 aliphatic rings. The Labute approximate surface area is 174 Å². The highest BCUT2D eigenvalue weighted by Crippen LogP contribution is 2.44. The maximum Gasteiger partial charge on any atom is 0.391 e. The quantitative estimate of drug-likeness (QED) is 0.533. The van der Waals surface area contributed by atoms with Crippen molar-refractivity contribution >= 4 is 23.5 Å². The number of rotatable bonds is 3. The van der Waals surface area contributed by atoms with Crippen LogP contribution in [0.25, 0.3) is 0 Å². The minimum Gasteiger partial charge on any atom is -0.353 e. The van der Waals surface area contributed by atoms with Gasteiger partial charge >= 0.3 is 12.2 Å². The maximum atomic E-state index is 14.7. The van der Waals surface area contributed by atoms with E-state index in [-0.39, 0.29) is 56.8 Å². The molecule has 1 saturated carbocycles. The molecule has 166 valence electrons. The molecule has 1 atom stereocenters. The lowest BCUT2D eigenvalue weighted by molar-refractivity contribution is -0.184. The largest absolute Gasteiger partial charge is 0.391 e. The van der Waals surface area contributed by atoms with Gasteiger partial charge in [0.15, 0.2) is 0 Å². The Bertz CT molecular complexity index is 812. The van der Waals surface area contributed by atoms with Crippen LogP contribution in [0.15, 0.2) is 12.1 Å². The molecule has 1 heterocycles. The number of nitrogens with one attached hydrogen (secondary N) is 2. The first kappa shape index (κ1) is 22.6. The summed E-state index contributed by atoms with van der Waals surface area (Å²) >= 11 is 5.68. The average Bonchev–Trinajstić information content (AvgIpc) is 2.70.